The lowest BCUT2D eigenvalue weighted by atomic mass is 10.1. The third-order valence-corrected chi connectivity index (χ3v) is 5.64. The number of nitrogens with one attached hydrogen (secondary N) is 1. The maximum atomic E-state index is 12.4. The Hall–Kier alpha value is -2.51. The zero-order valence-corrected chi connectivity index (χ0v) is 19.4. The zero-order valence-electron chi connectivity index (χ0n) is 17.8. The van der Waals surface area contributed by atoms with Gasteiger partial charge in [0.05, 0.1) is 12.8 Å². The summed E-state index contributed by atoms with van der Waals surface area (Å²) in [5, 5.41) is 3.94. The van der Waals surface area contributed by atoms with Crippen LogP contribution >= 0.6 is 23.4 Å². The molecule has 6 nitrogen and oxygen atoms in total. The summed E-state index contributed by atoms with van der Waals surface area (Å²) in [4.78, 5) is 23.8. The number of carbonyl (C=O) groups is 1. The van der Waals surface area contributed by atoms with E-state index in [4.69, 9.17) is 21.0 Å². The number of rotatable bonds is 11. The zero-order chi connectivity index (χ0) is 22.1. The van der Waals surface area contributed by atoms with Crippen LogP contribution in [0.25, 0.3) is 0 Å². The molecule has 1 N–H and O–H groups in total. The predicted octanol–water partition coefficient (Wildman–Crippen LogP) is 5.57. The van der Waals surface area contributed by atoms with Crippen molar-refractivity contribution in [3.05, 3.63) is 70.8 Å². The molecule has 2 heterocycles. The maximum Gasteiger partial charge on any atom is 0.251 e. The van der Waals surface area contributed by atoms with Crippen molar-refractivity contribution < 1.29 is 9.21 Å². The number of halogens is 1. The molecule has 31 heavy (non-hydrogen) atoms. The summed E-state index contributed by atoms with van der Waals surface area (Å²) in [5.41, 5.74) is 1.62. The fourth-order valence-corrected chi connectivity index (χ4v) is 4.15. The average molecular weight is 459 g/mol. The van der Waals surface area contributed by atoms with Gasteiger partial charge in [0.1, 0.15) is 16.7 Å². The first-order chi connectivity index (χ1) is 15.1. The Labute approximate surface area is 192 Å². The Bertz CT molecular complexity index is 975. The molecule has 0 saturated carbocycles. The van der Waals surface area contributed by atoms with E-state index in [9.17, 15) is 4.79 Å². The van der Waals surface area contributed by atoms with Crippen LogP contribution in [-0.2, 0) is 12.3 Å². The first kappa shape index (κ1) is 23.2. The Morgan fingerprint density at radius 1 is 1.13 bits per heavy atom. The van der Waals surface area contributed by atoms with Crippen molar-refractivity contribution in [1.82, 2.24) is 15.3 Å². The molecule has 0 bridgehead atoms. The monoisotopic (exact) mass is 458 g/mol. The largest absolute Gasteiger partial charge is 0.467 e. The first-order valence-electron chi connectivity index (χ1n) is 10.4. The maximum absolute atomic E-state index is 12.4. The van der Waals surface area contributed by atoms with Gasteiger partial charge in [0.2, 0.25) is 0 Å². The first-order valence-corrected chi connectivity index (χ1v) is 11.8. The van der Waals surface area contributed by atoms with Gasteiger partial charge in [0.25, 0.3) is 5.91 Å². The molecule has 0 aliphatic rings. The van der Waals surface area contributed by atoms with Gasteiger partial charge in [-0.05, 0) is 42.7 Å². The minimum Gasteiger partial charge on any atom is -0.467 e. The molecule has 0 fully saturated rings. The molecule has 0 unspecified atom stereocenters. The normalized spacial score (nSPS) is 10.8. The van der Waals surface area contributed by atoms with Crippen molar-refractivity contribution in [2.45, 2.75) is 44.1 Å². The molecule has 8 heteroatoms. The highest BCUT2D eigenvalue weighted by atomic mass is 35.5. The van der Waals surface area contributed by atoms with Gasteiger partial charge in [-0.3, -0.25) is 4.79 Å². The van der Waals surface area contributed by atoms with Gasteiger partial charge in [-0.1, -0.05) is 49.3 Å². The molecular formula is C23H27ClN4O2S. The number of benzene rings is 1. The molecule has 0 aliphatic heterocycles. The van der Waals surface area contributed by atoms with E-state index < -0.39 is 0 Å². The van der Waals surface area contributed by atoms with Crippen LogP contribution in [0.2, 0.25) is 5.15 Å². The van der Waals surface area contributed by atoms with Gasteiger partial charge in [0.15, 0.2) is 5.16 Å². The number of hydrogen-bond acceptors (Lipinski definition) is 6. The van der Waals surface area contributed by atoms with Gasteiger partial charge in [-0.2, -0.15) is 0 Å². The van der Waals surface area contributed by atoms with Crippen LogP contribution in [0.4, 0.5) is 5.82 Å². The predicted molar refractivity (Wildman–Crippen MR) is 126 cm³/mol. The lowest BCUT2D eigenvalue weighted by Gasteiger charge is -2.22. The van der Waals surface area contributed by atoms with E-state index in [1.54, 1.807) is 18.4 Å². The number of carbonyl (C=O) groups excluding carboxylic acids is 1. The standard InChI is InChI=1S/C23H27ClN4O2S/c1-3-10-28(11-4-2)21-14-20(24)26-23(27-21)31-16-17-7-5-8-18(13-17)22(29)25-15-19-9-6-12-30-19/h5-9,12-14H,3-4,10-11,15-16H2,1-2H3,(H,25,29). The molecule has 0 saturated heterocycles. The summed E-state index contributed by atoms with van der Waals surface area (Å²) >= 11 is 7.78. The number of anilines is 1. The van der Waals surface area contributed by atoms with Gasteiger partial charge in [-0.25, -0.2) is 9.97 Å². The molecule has 0 aliphatic carbocycles. The molecule has 1 amide bonds. The smallest absolute Gasteiger partial charge is 0.251 e. The Balaban J connectivity index is 1.64. The fourth-order valence-electron chi connectivity index (χ4n) is 3.13. The van der Waals surface area contributed by atoms with E-state index >= 15 is 0 Å². The number of furan rings is 1. The van der Waals surface area contributed by atoms with Gasteiger partial charge >= 0.3 is 0 Å². The van der Waals surface area contributed by atoms with Crippen molar-refractivity contribution in [3.63, 3.8) is 0 Å². The van der Waals surface area contributed by atoms with Crippen LogP contribution in [0.15, 0.2) is 58.3 Å². The summed E-state index contributed by atoms with van der Waals surface area (Å²) in [7, 11) is 0. The SMILES string of the molecule is CCCN(CCC)c1cc(Cl)nc(SCc2cccc(C(=O)NCc3ccco3)c2)n1. The molecule has 164 valence electrons. The van der Waals surface area contributed by atoms with E-state index in [1.165, 1.54) is 11.8 Å². The van der Waals surface area contributed by atoms with E-state index in [1.807, 2.05) is 30.3 Å². The van der Waals surface area contributed by atoms with Crippen LogP contribution in [0.5, 0.6) is 0 Å². The van der Waals surface area contributed by atoms with E-state index in [0.29, 0.717) is 33.9 Å². The minimum absolute atomic E-state index is 0.140. The molecule has 0 spiro atoms. The van der Waals surface area contributed by atoms with Crippen molar-refractivity contribution in [2.24, 2.45) is 0 Å². The molecular weight excluding hydrogens is 432 g/mol. The van der Waals surface area contributed by atoms with E-state index in [0.717, 1.165) is 37.3 Å². The number of aromatic nitrogens is 2. The number of thioether (sulfide) groups is 1. The Morgan fingerprint density at radius 3 is 2.65 bits per heavy atom. The van der Waals surface area contributed by atoms with Gasteiger partial charge in [-0.15, -0.1) is 0 Å². The quantitative estimate of drug-likeness (QED) is 0.230. The molecule has 0 atom stereocenters. The highest BCUT2D eigenvalue weighted by Gasteiger charge is 2.12. The number of hydrogen-bond donors (Lipinski definition) is 1. The molecule has 0 radical (unpaired) electrons. The van der Waals surface area contributed by atoms with E-state index in [2.05, 4.69) is 29.0 Å². The molecule has 2 aromatic heterocycles. The summed E-state index contributed by atoms with van der Waals surface area (Å²) < 4.78 is 5.25. The second-order valence-corrected chi connectivity index (χ2v) is 8.40. The third-order valence-electron chi connectivity index (χ3n) is 4.53. The Kier molecular flexibility index (Phi) is 8.79. The summed E-state index contributed by atoms with van der Waals surface area (Å²) in [6.45, 7) is 6.52. The summed E-state index contributed by atoms with van der Waals surface area (Å²) in [6.07, 6.45) is 3.67. The molecule has 1 aromatic carbocycles. The Morgan fingerprint density at radius 2 is 1.94 bits per heavy atom. The second-order valence-electron chi connectivity index (χ2n) is 7.07. The highest BCUT2D eigenvalue weighted by molar-refractivity contribution is 7.98. The lowest BCUT2D eigenvalue weighted by Crippen LogP contribution is -2.26. The van der Waals surface area contributed by atoms with Crippen molar-refractivity contribution in [3.8, 4) is 0 Å². The summed E-state index contributed by atoms with van der Waals surface area (Å²) in [6, 6.07) is 13.0. The third kappa shape index (κ3) is 7.01. The topological polar surface area (TPSA) is 71.3 Å². The van der Waals surface area contributed by atoms with Crippen LogP contribution in [0.3, 0.4) is 0 Å². The van der Waals surface area contributed by atoms with Crippen LogP contribution in [-0.4, -0.2) is 29.0 Å². The van der Waals surface area contributed by atoms with Crippen LogP contribution < -0.4 is 10.2 Å². The summed E-state index contributed by atoms with van der Waals surface area (Å²) in [5.74, 6) is 2.08. The van der Waals surface area contributed by atoms with Crippen molar-refractivity contribution in [1.29, 1.82) is 0 Å². The number of amides is 1. The van der Waals surface area contributed by atoms with Crippen LogP contribution in [0.1, 0.15) is 48.4 Å². The lowest BCUT2D eigenvalue weighted by molar-refractivity contribution is 0.0948. The van der Waals surface area contributed by atoms with Crippen LogP contribution in [0, 0.1) is 0 Å². The fraction of sp³-hybridized carbons (Fsp3) is 0.348. The molecule has 3 aromatic rings. The van der Waals surface area contributed by atoms with Crippen molar-refractivity contribution in [2.75, 3.05) is 18.0 Å². The minimum atomic E-state index is -0.140. The van der Waals surface area contributed by atoms with Gasteiger partial charge < -0.3 is 14.6 Å². The van der Waals surface area contributed by atoms with Gasteiger partial charge in [0, 0.05) is 30.5 Å². The average Bonchev–Trinajstić information content (AvgIpc) is 3.29. The number of nitrogens with zero attached hydrogens (tertiary/aromatic N) is 3. The highest BCUT2D eigenvalue weighted by Crippen LogP contribution is 2.25. The van der Waals surface area contributed by atoms with Crippen molar-refractivity contribution >= 4 is 35.1 Å². The molecule has 3 rings (SSSR count). The second kappa shape index (κ2) is 11.8. The van der Waals surface area contributed by atoms with E-state index in [-0.39, 0.29) is 5.91 Å².